The molecule has 0 aliphatic rings. The van der Waals surface area contributed by atoms with Crippen molar-refractivity contribution in [2.45, 2.75) is 13.8 Å². The molecule has 0 aliphatic heterocycles. The fourth-order valence-electron chi connectivity index (χ4n) is 2.04. The van der Waals surface area contributed by atoms with Crippen LogP contribution in [0.5, 0.6) is 0 Å². The van der Waals surface area contributed by atoms with Crippen LogP contribution < -0.4 is 0 Å². The van der Waals surface area contributed by atoms with Gasteiger partial charge in [0, 0.05) is 26.3 Å². The molecule has 0 saturated heterocycles. The Morgan fingerprint density at radius 1 is 0.850 bits per heavy atom. The van der Waals surface area contributed by atoms with Crippen molar-refractivity contribution in [3.05, 3.63) is 95.6 Å². The fourth-order valence-corrected chi connectivity index (χ4v) is 2.04. The molecule has 0 spiro atoms. The monoisotopic (exact) mass is 263 g/mol. The Kier molecular flexibility index (Phi) is 4.31. The number of hydrogen-bond donors (Lipinski definition) is 1. The zero-order valence-electron chi connectivity index (χ0n) is 11.9. The average Bonchev–Trinajstić information content (AvgIpc) is 2.48. The molecule has 0 aliphatic carbocycles. The molecule has 0 saturated carbocycles. The SMILES string of the molecule is C=C(C(O)=C(c1ccccc1)c1ccccc1)[C+](C)C. The number of aliphatic hydroxyl groups is 1. The third-order valence-electron chi connectivity index (χ3n) is 3.25. The van der Waals surface area contributed by atoms with Gasteiger partial charge in [0.15, 0.2) is 5.57 Å². The Hall–Kier alpha value is -2.41. The maximum Gasteiger partial charge on any atom is 0.236 e. The second-order valence-corrected chi connectivity index (χ2v) is 4.93. The maximum atomic E-state index is 10.6. The minimum absolute atomic E-state index is 0.238. The summed E-state index contributed by atoms with van der Waals surface area (Å²) in [6.07, 6.45) is 0. The molecule has 0 heterocycles. The van der Waals surface area contributed by atoms with E-state index >= 15 is 0 Å². The first-order valence-electron chi connectivity index (χ1n) is 6.65. The van der Waals surface area contributed by atoms with Gasteiger partial charge in [-0.1, -0.05) is 60.7 Å². The van der Waals surface area contributed by atoms with Crippen molar-refractivity contribution in [3.8, 4) is 0 Å². The molecular weight excluding hydrogens is 244 g/mol. The number of benzene rings is 2. The zero-order chi connectivity index (χ0) is 14.5. The lowest BCUT2D eigenvalue weighted by atomic mass is 9.91. The molecule has 0 bridgehead atoms. The van der Waals surface area contributed by atoms with Crippen molar-refractivity contribution in [3.63, 3.8) is 0 Å². The van der Waals surface area contributed by atoms with E-state index in [1.807, 2.05) is 74.5 Å². The number of hydrogen-bond acceptors (Lipinski definition) is 1. The minimum Gasteiger partial charge on any atom is -0.448 e. The summed E-state index contributed by atoms with van der Waals surface area (Å²) in [5, 5.41) is 10.6. The van der Waals surface area contributed by atoms with E-state index in [1.165, 1.54) is 0 Å². The molecule has 100 valence electrons. The lowest BCUT2D eigenvalue weighted by Gasteiger charge is -2.09. The van der Waals surface area contributed by atoms with Gasteiger partial charge >= 0.3 is 0 Å². The first-order chi connectivity index (χ1) is 9.61. The Morgan fingerprint density at radius 2 is 1.25 bits per heavy atom. The number of allylic oxidation sites excluding steroid dienone is 1. The fraction of sp³-hybridized carbons (Fsp3) is 0.105. The molecule has 20 heavy (non-hydrogen) atoms. The molecule has 1 nitrogen and oxygen atoms in total. The van der Waals surface area contributed by atoms with Crippen LogP contribution >= 0.6 is 0 Å². The van der Waals surface area contributed by atoms with Gasteiger partial charge in [-0.3, -0.25) is 0 Å². The summed E-state index contributed by atoms with van der Waals surface area (Å²) in [4.78, 5) is 0. The van der Waals surface area contributed by atoms with Crippen LogP contribution in [-0.2, 0) is 0 Å². The summed E-state index contributed by atoms with van der Waals surface area (Å²) < 4.78 is 0. The van der Waals surface area contributed by atoms with Crippen molar-refractivity contribution in [2.24, 2.45) is 0 Å². The van der Waals surface area contributed by atoms with Gasteiger partial charge in [0.1, 0.15) is 0 Å². The molecular formula is C19H19O+. The standard InChI is InChI=1S/C19H18O/c1-14(2)15(3)19(20)18(16-10-6-4-7-11-16)17-12-8-5-9-13-17/h4-13H,3H2,1-2H3/p+1. The molecule has 1 heteroatoms. The average molecular weight is 263 g/mol. The Morgan fingerprint density at radius 3 is 1.60 bits per heavy atom. The van der Waals surface area contributed by atoms with Crippen LogP contribution in [0.15, 0.2) is 78.6 Å². The van der Waals surface area contributed by atoms with Gasteiger partial charge < -0.3 is 5.11 Å². The van der Waals surface area contributed by atoms with Gasteiger partial charge in [-0.05, 0) is 11.1 Å². The van der Waals surface area contributed by atoms with Crippen LogP contribution in [0.1, 0.15) is 25.0 Å². The van der Waals surface area contributed by atoms with Crippen LogP contribution in [0.3, 0.4) is 0 Å². The van der Waals surface area contributed by atoms with Gasteiger partial charge in [0.2, 0.25) is 5.76 Å². The number of rotatable bonds is 4. The summed E-state index contributed by atoms with van der Waals surface area (Å²) in [6.45, 7) is 7.88. The summed E-state index contributed by atoms with van der Waals surface area (Å²) in [5.74, 6) is 1.24. The molecule has 0 aromatic heterocycles. The smallest absolute Gasteiger partial charge is 0.236 e. The highest BCUT2D eigenvalue weighted by Gasteiger charge is 2.22. The maximum absolute atomic E-state index is 10.6. The highest BCUT2D eigenvalue weighted by atomic mass is 16.3. The molecule has 2 rings (SSSR count). The van der Waals surface area contributed by atoms with Crippen molar-refractivity contribution in [1.82, 2.24) is 0 Å². The van der Waals surface area contributed by atoms with Crippen LogP contribution in [0, 0.1) is 5.92 Å². The van der Waals surface area contributed by atoms with E-state index in [0.29, 0.717) is 5.57 Å². The number of aliphatic hydroxyl groups excluding tert-OH is 1. The van der Waals surface area contributed by atoms with Crippen molar-refractivity contribution in [1.29, 1.82) is 0 Å². The largest absolute Gasteiger partial charge is 0.448 e. The molecule has 2 aromatic carbocycles. The molecule has 0 amide bonds. The molecule has 0 fully saturated rings. The predicted octanol–water partition coefficient (Wildman–Crippen LogP) is 5.17. The van der Waals surface area contributed by atoms with Crippen molar-refractivity contribution < 1.29 is 5.11 Å². The molecule has 0 unspecified atom stereocenters. The van der Waals surface area contributed by atoms with Gasteiger partial charge in [0.25, 0.3) is 0 Å². The molecule has 1 N–H and O–H groups in total. The zero-order valence-corrected chi connectivity index (χ0v) is 11.9. The van der Waals surface area contributed by atoms with Crippen LogP contribution in [0.4, 0.5) is 0 Å². The Balaban J connectivity index is 2.62. The second kappa shape index (κ2) is 6.16. The molecule has 0 atom stereocenters. The van der Waals surface area contributed by atoms with Crippen LogP contribution in [-0.4, -0.2) is 5.11 Å². The second-order valence-electron chi connectivity index (χ2n) is 4.93. The van der Waals surface area contributed by atoms with Crippen molar-refractivity contribution in [2.75, 3.05) is 0 Å². The van der Waals surface area contributed by atoms with E-state index in [1.54, 1.807) is 0 Å². The Labute approximate surface area is 120 Å². The summed E-state index contributed by atoms with van der Waals surface area (Å²) >= 11 is 0. The topological polar surface area (TPSA) is 20.2 Å². The van der Waals surface area contributed by atoms with E-state index in [9.17, 15) is 5.11 Å². The van der Waals surface area contributed by atoms with Gasteiger partial charge in [-0.2, -0.15) is 0 Å². The first kappa shape index (κ1) is 14.0. The summed E-state index contributed by atoms with van der Waals surface area (Å²) in [6, 6.07) is 19.8. The highest BCUT2D eigenvalue weighted by Crippen LogP contribution is 2.31. The summed E-state index contributed by atoms with van der Waals surface area (Å²) in [5.41, 5.74) is 3.46. The van der Waals surface area contributed by atoms with Crippen LogP contribution in [0.2, 0.25) is 0 Å². The van der Waals surface area contributed by atoms with Crippen LogP contribution in [0.25, 0.3) is 5.57 Å². The van der Waals surface area contributed by atoms with Gasteiger partial charge in [-0.15, -0.1) is 0 Å². The van der Waals surface area contributed by atoms with Crippen molar-refractivity contribution >= 4 is 5.57 Å². The first-order valence-corrected chi connectivity index (χ1v) is 6.65. The Bertz CT molecular complexity index is 565. The van der Waals surface area contributed by atoms with Gasteiger partial charge in [-0.25, -0.2) is 0 Å². The third-order valence-corrected chi connectivity index (χ3v) is 3.25. The van der Waals surface area contributed by atoms with E-state index in [0.717, 1.165) is 22.6 Å². The van der Waals surface area contributed by atoms with E-state index < -0.39 is 0 Å². The highest BCUT2D eigenvalue weighted by molar-refractivity contribution is 5.83. The van der Waals surface area contributed by atoms with E-state index in [-0.39, 0.29) is 5.76 Å². The minimum atomic E-state index is 0.238. The quantitative estimate of drug-likeness (QED) is 0.458. The predicted molar refractivity (Wildman–Crippen MR) is 85.3 cm³/mol. The lowest BCUT2D eigenvalue weighted by Crippen LogP contribution is -2.00. The third kappa shape index (κ3) is 2.94. The molecule has 0 radical (unpaired) electrons. The lowest BCUT2D eigenvalue weighted by molar-refractivity contribution is 0.425. The van der Waals surface area contributed by atoms with Gasteiger partial charge in [0.05, 0.1) is 5.57 Å². The molecule has 2 aromatic rings. The van der Waals surface area contributed by atoms with E-state index in [2.05, 4.69) is 6.58 Å². The normalized spacial score (nSPS) is 9.90. The summed E-state index contributed by atoms with van der Waals surface area (Å²) in [7, 11) is 0. The van der Waals surface area contributed by atoms with E-state index in [4.69, 9.17) is 0 Å².